The van der Waals surface area contributed by atoms with Gasteiger partial charge in [-0.2, -0.15) is 0 Å². The summed E-state index contributed by atoms with van der Waals surface area (Å²) in [5.74, 6) is 0.769. The molecule has 1 fully saturated rings. The molecule has 1 aromatic carbocycles. The van der Waals surface area contributed by atoms with E-state index in [4.69, 9.17) is 0 Å². The van der Waals surface area contributed by atoms with Gasteiger partial charge in [0, 0.05) is 46.6 Å². The maximum atomic E-state index is 12.3. The maximum Gasteiger partial charge on any atom is 0.242 e. The number of carbonyl (C=O) groups excluding carboxylic acids is 1. The van der Waals surface area contributed by atoms with Crippen molar-refractivity contribution in [2.75, 3.05) is 27.2 Å². The Bertz CT molecular complexity index is 936. The smallest absolute Gasteiger partial charge is 0.242 e. The summed E-state index contributed by atoms with van der Waals surface area (Å²) in [7, 11) is 1.39. The standard InChI is InChI=1S/C18H27N5O3S.ClH/c1-22(2)27(25,26)14-6-7-16-15(11-14)21-17(23(16)3)8-9-18(24)20-12-13-5-4-10-19-13;/h6-7,11,13,19H,4-5,8-10,12H2,1-3H3,(H,20,24);1H. The summed E-state index contributed by atoms with van der Waals surface area (Å²) in [5, 5.41) is 6.32. The number of sulfonamides is 1. The van der Waals surface area contributed by atoms with Crippen LogP contribution in [0.1, 0.15) is 25.1 Å². The van der Waals surface area contributed by atoms with Gasteiger partial charge in [0.25, 0.3) is 0 Å². The monoisotopic (exact) mass is 429 g/mol. The zero-order chi connectivity index (χ0) is 19.6. The molecule has 10 heteroatoms. The first-order chi connectivity index (χ1) is 12.8. The predicted molar refractivity (Wildman–Crippen MR) is 111 cm³/mol. The van der Waals surface area contributed by atoms with E-state index >= 15 is 0 Å². The van der Waals surface area contributed by atoms with Crippen molar-refractivity contribution in [3.63, 3.8) is 0 Å². The first kappa shape index (κ1) is 22.6. The van der Waals surface area contributed by atoms with Crippen molar-refractivity contribution in [2.24, 2.45) is 7.05 Å². The van der Waals surface area contributed by atoms with Gasteiger partial charge in [0.1, 0.15) is 5.82 Å². The highest BCUT2D eigenvalue weighted by Gasteiger charge is 2.19. The molecule has 1 saturated heterocycles. The fourth-order valence-corrected chi connectivity index (χ4v) is 4.23. The minimum Gasteiger partial charge on any atom is -0.355 e. The van der Waals surface area contributed by atoms with E-state index in [1.54, 1.807) is 18.2 Å². The first-order valence-electron chi connectivity index (χ1n) is 9.17. The summed E-state index contributed by atoms with van der Waals surface area (Å²) in [6.07, 6.45) is 3.12. The van der Waals surface area contributed by atoms with Gasteiger partial charge >= 0.3 is 0 Å². The van der Waals surface area contributed by atoms with Crippen molar-refractivity contribution in [1.82, 2.24) is 24.5 Å². The number of imidazole rings is 1. The fraction of sp³-hybridized carbons (Fsp3) is 0.556. The third kappa shape index (κ3) is 4.83. The van der Waals surface area contributed by atoms with Crippen LogP contribution in [-0.2, 0) is 28.3 Å². The molecule has 2 aromatic rings. The number of hydrogen-bond donors (Lipinski definition) is 2. The lowest BCUT2D eigenvalue weighted by molar-refractivity contribution is -0.121. The lowest BCUT2D eigenvalue weighted by atomic mass is 10.2. The number of hydrogen-bond acceptors (Lipinski definition) is 5. The van der Waals surface area contributed by atoms with Crippen LogP contribution in [0, 0.1) is 0 Å². The van der Waals surface area contributed by atoms with Gasteiger partial charge in [0.2, 0.25) is 15.9 Å². The second kappa shape index (κ2) is 9.21. The summed E-state index contributed by atoms with van der Waals surface area (Å²) >= 11 is 0. The van der Waals surface area contributed by atoms with Gasteiger partial charge in [-0.25, -0.2) is 17.7 Å². The molecule has 2 heterocycles. The predicted octanol–water partition coefficient (Wildman–Crippen LogP) is 1.05. The number of benzene rings is 1. The Morgan fingerprint density at radius 2 is 2.14 bits per heavy atom. The molecule has 1 aliphatic heterocycles. The van der Waals surface area contributed by atoms with Crippen molar-refractivity contribution in [3.8, 4) is 0 Å². The molecule has 2 N–H and O–H groups in total. The van der Waals surface area contributed by atoms with Gasteiger partial charge in [-0.15, -0.1) is 12.4 Å². The molecule has 3 rings (SSSR count). The van der Waals surface area contributed by atoms with Crippen molar-refractivity contribution in [1.29, 1.82) is 0 Å². The largest absolute Gasteiger partial charge is 0.355 e. The molecule has 156 valence electrons. The summed E-state index contributed by atoms with van der Waals surface area (Å²) in [5.41, 5.74) is 1.46. The lowest BCUT2D eigenvalue weighted by Crippen LogP contribution is -2.37. The minimum absolute atomic E-state index is 0. The maximum absolute atomic E-state index is 12.3. The molecule has 1 unspecified atom stereocenters. The van der Waals surface area contributed by atoms with Gasteiger partial charge in [-0.3, -0.25) is 4.79 Å². The number of nitrogens with one attached hydrogen (secondary N) is 2. The topological polar surface area (TPSA) is 96.3 Å². The van der Waals surface area contributed by atoms with Gasteiger partial charge in [0.05, 0.1) is 15.9 Å². The molecule has 1 aliphatic rings. The third-order valence-corrected chi connectivity index (χ3v) is 6.82. The van der Waals surface area contributed by atoms with Crippen LogP contribution >= 0.6 is 12.4 Å². The molecule has 0 radical (unpaired) electrons. The zero-order valence-electron chi connectivity index (χ0n) is 16.4. The Morgan fingerprint density at radius 1 is 1.39 bits per heavy atom. The van der Waals surface area contributed by atoms with Crippen molar-refractivity contribution in [3.05, 3.63) is 24.0 Å². The Morgan fingerprint density at radius 3 is 2.79 bits per heavy atom. The number of carbonyl (C=O) groups is 1. The van der Waals surface area contributed by atoms with E-state index in [0.29, 0.717) is 30.9 Å². The van der Waals surface area contributed by atoms with E-state index in [1.165, 1.54) is 18.4 Å². The molecule has 8 nitrogen and oxygen atoms in total. The first-order valence-corrected chi connectivity index (χ1v) is 10.6. The fourth-order valence-electron chi connectivity index (χ4n) is 3.31. The second-order valence-electron chi connectivity index (χ2n) is 7.12. The summed E-state index contributed by atoms with van der Waals surface area (Å²) < 4.78 is 27.7. The van der Waals surface area contributed by atoms with E-state index in [-0.39, 0.29) is 23.2 Å². The van der Waals surface area contributed by atoms with Crippen LogP contribution in [0.3, 0.4) is 0 Å². The SMILES string of the molecule is CN(C)S(=O)(=O)c1ccc2c(c1)nc(CCC(=O)NCC1CCCN1)n2C.Cl. The van der Waals surface area contributed by atoms with Crippen LogP contribution in [0.15, 0.2) is 23.1 Å². The van der Waals surface area contributed by atoms with Crippen LogP contribution in [0.5, 0.6) is 0 Å². The van der Waals surface area contributed by atoms with Crippen molar-refractivity contribution >= 4 is 39.4 Å². The average Bonchev–Trinajstić information content (AvgIpc) is 3.26. The number of nitrogens with zero attached hydrogens (tertiary/aromatic N) is 3. The van der Waals surface area contributed by atoms with Crippen LogP contribution in [-0.4, -0.2) is 61.4 Å². The van der Waals surface area contributed by atoms with E-state index in [0.717, 1.165) is 30.7 Å². The Labute approximate surface area is 172 Å². The normalized spacial score (nSPS) is 17.1. The molecular formula is C18H28ClN5O3S. The second-order valence-corrected chi connectivity index (χ2v) is 9.27. The van der Waals surface area contributed by atoms with Crippen LogP contribution in [0.4, 0.5) is 0 Å². The van der Waals surface area contributed by atoms with E-state index in [1.807, 2.05) is 11.6 Å². The molecule has 0 saturated carbocycles. The van der Waals surface area contributed by atoms with Gasteiger partial charge in [-0.1, -0.05) is 0 Å². The van der Waals surface area contributed by atoms with Crippen molar-refractivity contribution in [2.45, 2.75) is 36.6 Å². The quantitative estimate of drug-likeness (QED) is 0.685. The number of halogens is 1. The molecule has 28 heavy (non-hydrogen) atoms. The van der Waals surface area contributed by atoms with Gasteiger partial charge < -0.3 is 15.2 Å². The summed E-state index contributed by atoms with van der Waals surface area (Å²) in [6.45, 7) is 1.68. The molecular weight excluding hydrogens is 402 g/mol. The molecule has 0 aliphatic carbocycles. The minimum atomic E-state index is -3.50. The molecule has 0 bridgehead atoms. The van der Waals surface area contributed by atoms with Crippen molar-refractivity contribution < 1.29 is 13.2 Å². The molecule has 1 atom stereocenters. The van der Waals surface area contributed by atoms with Gasteiger partial charge in [-0.05, 0) is 37.6 Å². The molecule has 1 amide bonds. The Kier molecular flexibility index (Phi) is 7.44. The van der Waals surface area contributed by atoms with E-state index < -0.39 is 10.0 Å². The van der Waals surface area contributed by atoms with Crippen LogP contribution in [0.2, 0.25) is 0 Å². The lowest BCUT2D eigenvalue weighted by Gasteiger charge is -2.11. The number of aromatic nitrogens is 2. The van der Waals surface area contributed by atoms with Crippen LogP contribution < -0.4 is 10.6 Å². The highest BCUT2D eigenvalue weighted by Crippen LogP contribution is 2.21. The number of amides is 1. The highest BCUT2D eigenvalue weighted by molar-refractivity contribution is 7.89. The van der Waals surface area contributed by atoms with Gasteiger partial charge in [0.15, 0.2) is 0 Å². The Balaban J connectivity index is 0.00000280. The number of rotatable bonds is 7. The molecule has 1 aromatic heterocycles. The highest BCUT2D eigenvalue weighted by atomic mass is 35.5. The zero-order valence-corrected chi connectivity index (χ0v) is 18.1. The average molecular weight is 430 g/mol. The molecule has 0 spiro atoms. The van der Waals surface area contributed by atoms with Crippen LogP contribution in [0.25, 0.3) is 11.0 Å². The number of aryl methyl sites for hydroxylation is 2. The Hall–Kier alpha value is -1.68. The van der Waals surface area contributed by atoms with E-state index in [2.05, 4.69) is 15.6 Å². The van der Waals surface area contributed by atoms with E-state index in [9.17, 15) is 13.2 Å². The summed E-state index contributed by atoms with van der Waals surface area (Å²) in [6, 6.07) is 5.31. The third-order valence-electron chi connectivity index (χ3n) is 5.01. The number of fused-ring (bicyclic) bond motifs is 1. The summed E-state index contributed by atoms with van der Waals surface area (Å²) in [4.78, 5) is 16.9.